The van der Waals surface area contributed by atoms with Gasteiger partial charge in [0, 0.05) is 26.9 Å². The summed E-state index contributed by atoms with van der Waals surface area (Å²) in [6.07, 6.45) is -35.5. The third-order valence-electron chi connectivity index (χ3n) is 7.95. The summed E-state index contributed by atoms with van der Waals surface area (Å²) >= 11 is 0. The number of rotatable bonds is 15. The van der Waals surface area contributed by atoms with Gasteiger partial charge in [0.1, 0.15) is 23.4 Å². The topological polar surface area (TPSA) is 58.6 Å². The van der Waals surface area contributed by atoms with Crippen LogP contribution in [0.15, 0.2) is 48.5 Å². The first-order valence-corrected chi connectivity index (χ1v) is 16.7. The van der Waals surface area contributed by atoms with Crippen LogP contribution in [0.25, 0.3) is 0 Å². The maximum absolute atomic E-state index is 14.9. The van der Waals surface area contributed by atoms with Crippen LogP contribution in [0.1, 0.15) is 61.1 Å². The van der Waals surface area contributed by atoms with E-state index in [9.17, 15) is 79.0 Å². The third-order valence-corrected chi connectivity index (χ3v) is 7.95. The number of alkyl halides is 18. The van der Waals surface area contributed by atoms with E-state index in [1.54, 1.807) is 0 Å². The summed E-state index contributed by atoms with van der Waals surface area (Å²) in [7, 11) is -2.68. The average molecular weight is 901 g/mol. The van der Waals surface area contributed by atoms with E-state index in [1.165, 1.54) is 27.7 Å². The van der Waals surface area contributed by atoms with Crippen molar-refractivity contribution < 1.29 is 107 Å². The van der Waals surface area contributed by atoms with Crippen LogP contribution in [0.3, 0.4) is 0 Å². The van der Waals surface area contributed by atoms with Gasteiger partial charge in [-0.25, -0.2) is 0 Å². The van der Waals surface area contributed by atoms with Crippen molar-refractivity contribution in [2.45, 2.75) is 76.8 Å². The molecule has 0 N–H and O–H groups in total. The van der Waals surface area contributed by atoms with Gasteiger partial charge in [0.15, 0.2) is 0 Å². The van der Waals surface area contributed by atoms with Crippen molar-refractivity contribution in [1.82, 2.24) is 0 Å². The lowest BCUT2D eigenvalue weighted by Gasteiger charge is -2.46. The van der Waals surface area contributed by atoms with Crippen LogP contribution in [0.4, 0.5) is 84.7 Å². The average Bonchev–Trinajstić information content (AvgIpc) is 3.08. The summed E-state index contributed by atoms with van der Waals surface area (Å²) < 4.78 is 284. The zero-order valence-corrected chi connectivity index (χ0v) is 31.1. The number of hydrogen-bond acceptors (Lipinski definition) is 7. The van der Waals surface area contributed by atoms with E-state index in [2.05, 4.69) is 0 Å². The fraction of sp³-hybridized carbons (Fsp3) is 0.471. The van der Waals surface area contributed by atoms with E-state index >= 15 is 0 Å². The fourth-order valence-electron chi connectivity index (χ4n) is 5.48. The van der Waals surface area contributed by atoms with Gasteiger partial charge in [-0.2, -0.15) is 79.0 Å². The summed E-state index contributed by atoms with van der Waals surface area (Å²) in [5, 5.41) is 0. The minimum atomic E-state index is -5.83. The Morgan fingerprint density at radius 2 is 0.833 bits per heavy atom. The van der Waals surface area contributed by atoms with Crippen molar-refractivity contribution >= 4 is 13.0 Å². The van der Waals surface area contributed by atoms with Crippen molar-refractivity contribution in [1.29, 1.82) is 0 Å². The smallest absolute Gasteiger partial charge is 0.490 e. The highest BCUT2D eigenvalue weighted by Gasteiger charge is 2.50. The van der Waals surface area contributed by atoms with Gasteiger partial charge in [0.2, 0.25) is 0 Å². The zero-order chi connectivity index (χ0) is 46.0. The molecule has 0 aromatic heterocycles. The van der Waals surface area contributed by atoms with Gasteiger partial charge in [0.05, 0.1) is 39.1 Å². The molecule has 0 aliphatic carbocycles. The van der Waals surface area contributed by atoms with Crippen LogP contribution in [-0.2, 0) is 51.3 Å². The highest BCUT2D eigenvalue weighted by molar-refractivity contribution is 6.39. The first-order valence-electron chi connectivity index (χ1n) is 16.7. The van der Waals surface area contributed by atoms with Crippen LogP contribution >= 0.6 is 0 Å². The SMILES string of the molecule is CCOC(C)C(OCC)(OCC)N(C)c1c(OB(Oc2cc(C(F)(F)F)cc(C(F)(F)F)c2)Oc2cc(C(F)(F)F)cc(C(F)(F)F)c2)cc(C(F)(F)F)cc1C(F)(F)F. The Bertz CT molecular complexity index is 1780. The minimum absolute atomic E-state index is 0.197. The first-order chi connectivity index (χ1) is 27.2. The monoisotopic (exact) mass is 901 g/mol. The lowest BCUT2D eigenvalue weighted by molar-refractivity contribution is -0.282. The number of nitrogens with zero attached hydrogens (tertiary/aromatic N) is 1. The molecule has 336 valence electrons. The summed E-state index contributed by atoms with van der Waals surface area (Å²) in [6, 6.07) is -2.46. The number of halogens is 18. The van der Waals surface area contributed by atoms with Crippen LogP contribution in [0.2, 0.25) is 0 Å². The Kier molecular flexibility index (Phi) is 14.9. The van der Waals surface area contributed by atoms with E-state index < -0.39 is 144 Å². The Hall–Kier alpha value is -4.46. The van der Waals surface area contributed by atoms with E-state index in [0.717, 1.165) is 7.05 Å². The molecule has 60 heavy (non-hydrogen) atoms. The third kappa shape index (κ3) is 12.1. The molecule has 1 unspecified atom stereocenters. The normalized spacial score (nSPS) is 13.9. The van der Waals surface area contributed by atoms with Crippen LogP contribution in [-0.4, -0.2) is 46.2 Å². The molecule has 3 rings (SSSR count). The molecule has 0 aliphatic heterocycles. The summed E-state index contributed by atoms with van der Waals surface area (Å²) in [6.45, 7) is 4.11. The Morgan fingerprint density at radius 3 is 1.13 bits per heavy atom. The van der Waals surface area contributed by atoms with Gasteiger partial charge in [-0.3, -0.25) is 0 Å². The predicted molar refractivity (Wildman–Crippen MR) is 172 cm³/mol. The van der Waals surface area contributed by atoms with Crippen molar-refractivity contribution in [3.63, 3.8) is 0 Å². The highest BCUT2D eigenvalue weighted by atomic mass is 19.4. The first kappa shape index (κ1) is 49.9. The molecule has 0 spiro atoms. The largest absolute Gasteiger partial charge is 0.864 e. The van der Waals surface area contributed by atoms with Gasteiger partial charge in [-0.05, 0) is 76.2 Å². The molecule has 0 amide bonds. The van der Waals surface area contributed by atoms with E-state index in [4.69, 9.17) is 28.2 Å². The minimum Gasteiger partial charge on any atom is -0.490 e. The predicted octanol–water partition coefficient (Wildman–Crippen LogP) is 11.9. The molecule has 1 atom stereocenters. The molecular formula is C34H30BF18NO6. The lowest BCUT2D eigenvalue weighted by Crippen LogP contribution is -2.60. The van der Waals surface area contributed by atoms with Crippen LogP contribution in [0, 0.1) is 0 Å². The molecule has 0 heterocycles. The van der Waals surface area contributed by atoms with Gasteiger partial charge < -0.3 is 33.1 Å². The van der Waals surface area contributed by atoms with Crippen LogP contribution < -0.4 is 18.9 Å². The summed E-state index contributed by atoms with van der Waals surface area (Å²) in [4.78, 5) is 0.383. The number of ether oxygens (including phenoxy) is 3. The molecule has 3 aromatic rings. The standard InChI is InChI=1S/C34H30BF18NO6/c1-6-55-17(4)34(56-7-2,57-8-3)54(5)27-25(33(51,52)53)15-22(32(48,49)50)16-26(27)60-35(58-23-11-18(28(36,37)38)9-19(12-23)29(39,40)41)59-24-13-20(30(42,43)44)10-21(14-24)31(45,46)47/h9-17H,6-8H2,1-5H3. The number of hydrogen-bond donors (Lipinski definition) is 0. The van der Waals surface area contributed by atoms with Crippen molar-refractivity contribution in [2.24, 2.45) is 0 Å². The molecule has 0 saturated heterocycles. The fourth-order valence-corrected chi connectivity index (χ4v) is 5.48. The molecule has 0 fully saturated rings. The Morgan fingerprint density at radius 1 is 0.483 bits per heavy atom. The number of benzene rings is 3. The van der Waals surface area contributed by atoms with Crippen LogP contribution in [0.5, 0.6) is 17.2 Å². The lowest BCUT2D eigenvalue weighted by atomic mass is 10.0. The quantitative estimate of drug-likeness (QED) is 0.0855. The molecule has 0 saturated carbocycles. The highest BCUT2D eigenvalue weighted by Crippen LogP contribution is 2.49. The van der Waals surface area contributed by atoms with E-state index in [0.29, 0.717) is 4.90 Å². The van der Waals surface area contributed by atoms with Crippen molar-refractivity contribution in [3.05, 3.63) is 81.9 Å². The maximum Gasteiger partial charge on any atom is 0.864 e. The number of anilines is 1. The van der Waals surface area contributed by atoms with Crippen molar-refractivity contribution in [2.75, 3.05) is 31.8 Å². The van der Waals surface area contributed by atoms with Gasteiger partial charge in [-0.15, -0.1) is 0 Å². The molecule has 7 nitrogen and oxygen atoms in total. The second-order valence-electron chi connectivity index (χ2n) is 12.1. The molecule has 3 aromatic carbocycles. The summed E-state index contributed by atoms with van der Waals surface area (Å²) in [5.41, 5.74) is -14.6. The second-order valence-corrected chi connectivity index (χ2v) is 12.1. The summed E-state index contributed by atoms with van der Waals surface area (Å²) in [5.74, 6) is -7.64. The molecule has 0 bridgehead atoms. The van der Waals surface area contributed by atoms with Crippen molar-refractivity contribution in [3.8, 4) is 17.2 Å². The Labute approximate surface area is 328 Å². The Balaban J connectivity index is 2.54. The molecule has 0 aliphatic rings. The van der Waals surface area contributed by atoms with Gasteiger partial charge >= 0.3 is 44.4 Å². The van der Waals surface area contributed by atoms with E-state index in [1.807, 2.05) is 0 Å². The van der Waals surface area contributed by atoms with Gasteiger partial charge in [-0.1, -0.05) is 0 Å². The molecule has 0 radical (unpaired) electrons. The molecule has 26 heteroatoms. The second kappa shape index (κ2) is 17.9. The molecular weight excluding hydrogens is 871 g/mol. The zero-order valence-electron chi connectivity index (χ0n) is 31.1. The maximum atomic E-state index is 14.9. The number of likely N-dealkylation sites (N-methyl/N-ethyl adjacent to an activating group) is 1. The van der Waals surface area contributed by atoms with Gasteiger partial charge in [0.25, 0.3) is 5.91 Å². The van der Waals surface area contributed by atoms with E-state index in [-0.39, 0.29) is 36.9 Å².